The van der Waals surface area contributed by atoms with E-state index in [2.05, 4.69) is 43.5 Å². The van der Waals surface area contributed by atoms with Crippen LogP contribution in [-0.4, -0.2) is 87.5 Å². The van der Waals surface area contributed by atoms with E-state index in [1.807, 2.05) is 6.08 Å². The number of unbranched alkanes of at least 4 members (excludes halogenated alkanes) is 46. The Labute approximate surface area is 482 Å². The smallest absolute Gasteiger partial charge is 0.220 e. The van der Waals surface area contributed by atoms with Gasteiger partial charge in [-0.15, -0.1) is 0 Å². The molecule has 0 aliphatic carbocycles. The summed E-state index contributed by atoms with van der Waals surface area (Å²) >= 11 is 0. The summed E-state index contributed by atoms with van der Waals surface area (Å²) in [5, 5.41) is 54.7. The van der Waals surface area contributed by atoms with Crippen molar-refractivity contribution in [3.8, 4) is 0 Å². The number of amides is 1. The molecule has 7 unspecified atom stereocenters. The third-order valence-corrected chi connectivity index (χ3v) is 16.4. The molecule has 1 amide bonds. The average Bonchev–Trinajstić information content (AvgIpc) is 3.45. The second kappa shape index (κ2) is 58.6. The van der Waals surface area contributed by atoms with Crippen LogP contribution in [0.3, 0.4) is 0 Å². The Hall–Kier alpha value is -1.59. The van der Waals surface area contributed by atoms with Crippen LogP contribution < -0.4 is 5.32 Å². The number of hydrogen-bond acceptors (Lipinski definition) is 8. The molecule has 9 nitrogen and oxygen atoms in total. The Balaban J connectivity index is 2.17. The molecular weight excluding hydrogens is 971 g/mol. The molecule has 460 valence electrons. The molecule has 0 spiro atoms. The van der Waals surface area contributed by atoms with Gasteiger partial charge in [0, 0.05) is 6.42 Å². The summed E-state index contributed by atoms with van der Waals surface area (Å²) in [6.45, 7) is 3.81. The third kappa shape index (κ3) is 47.0. The number of aliphatic hydroxyl groups is 5. The first-order valence-electron chi connectivity index (χ1n) is 34.2. The van der Waals surface area contributed by atoms with Crippen LogP contribution in [0, 0.1) is 0 Å². The van der Waals surface area contributed by atoms with Gasteiger partial charge in [-0.05, 0) is 44.9 Å². The molecule has 0 bridgehead atoms. The highest BCUT2D eigenvalue weighted by Gasteiger charge is 2.44. The normalized spacial score (nSPS) is 18.8. The molecule has 1 fully saturated rings. The summed E-state index contributed by atoms with van der Waals surface area (Å²) in [6.07, 6.45) is 71.1. The third-order valence-electron chi connectivity index (χ3n) is 16.4. The highest BCUT2D eigenvalue weighted by atomic mass is 16.7. The molecule has 1 heterocycles. The summed E-state index contributed by atoms with van der Waals surface area (Å²) in [6, 6.07) is -0.827. The Morgan fingerprint density at radius 3 is 1.08 bits per heavy atom. The number of hydrogen-bond donors (Lipinski definition) is 6. The lowest BCUT2D eigenvalue weighted by molar-refractivity contribution is -0.302. The van der Waals surface area contributed by atoms with Crippen LogP contribution in [0.4, 0.5) is 0 Å². The molecule has 7 atom stereocenters. The molecule has 0 aromatic carbocycles. The fourth-order valence-corrected chi connectivity index (χ4v) is 11.1. The average molecular weight is 1100 g/mol. The van der Waals surface area contributed by atoms with Crippen LogP contribution in [0.1, 0.15) is 341 Å². The zero-order valence-corrected chi connectivity index (χ0v) is 51.4. The fourth-order valence-electron chi connectivity index (χ4n) is 11.1. The summed E-state index contributed by atoms with van der Waals surface area (Å²) in [4.78, 5) is 13.1. The largest absolute Gasteiger partial charge is 0.394 e. The SMILES string of the molecule is CCCCCCCCCCCCCCCCCCCCCCC/C=C/CC/C=C/CC/C=C/C(O)C(COC1OC(CO)C(O)C(O)C1O)NC(=O)CCCCCCCCCCCCCCCCCCCCCCCCCC. The second-order valence-corrected chi connectivity index (χ2v) is 24.0. The molecule has 1 saturated heterocycles. The van der Waals surface area contributed by atoms with Gasteiger partial charge < -0.3 is 40.3 Å². The fraction of sp³-hybridized carbons (Fsp3) is 0.899. The Morgan fingerprint density at radius 2 is 0.731 bits per heavy atom. The molecular formula is C69H131NO8. The predicted octanol–water partition coefficient (Wildman–Crippen LogP) is 18.3. The minimum Gasteiger partial charge on any atom is -0.394 e. The number of aliphatic hydroxyl groups excluding tert-OH is 5. The Kier molecular flexibility index (Phi) is 55.9. The van der Waals surface area contributed by atoms with E-state index in [-0.39, 0.29) is 12.5 Å². The van der Waals surface area contributed by atoms with Gasteiger partial charge in [0.2, 0.25) is 5.91 Å². The monoisotopic (exact) mass is 1100 g/mol. The lowest BCUT2D eigenvalue weighted by Gasteiger charge is -2.40. The quantitative estimate of drug-likeness (QED) is 0.0261. The first-order valence-corrected chi connectivity index (χ1v) is 34.2. The van der Waals surface area contributed by atoms with Crippen molar-refractivity contribution < 1.29 is 39.8 Å². The highest BCUT2D eigenvalue weighted by molar-refractivity contribution is 5.76. The highest BCUT2D eigenvalue weighted by Crippen LogP contribution is 2.23. The van der Waals surface area contributed by atoms with Crippen molar-refractivity contribution in [1.82, 2.24) is 5.32 Å². The van der Waals surface area contributed by atoms with Crippen molar-refractivity contribution in [2.45, 2.75) is 384 Å². The lowest BCUT2D eigenvalue weighted by Crippen LogP contribution is -2.60. The van der Waals surface area contributed by atoms with Crippen molar-refractivity contribution in [3.63, 3.8) is 0 Å². The van der Waals surface area contributed by atoms with Gasteiger partial charge in [-0.3, -0.25) is 4.79 Å². The Bertz CT molecular complexity index is 1320. The minimum atomic E-state index is -1.57. The van der Waals surface area contributed by atoms with Gasteiger partial charge in [0.05, 0.1) is 25.4 Å². The molecule has 78 heavy (non-hydrogen) atoms. The minimum absolute atomic E-state index is 0.184. The van der Waals surface area contributed by atoms with Gasteiger partial charge in [0.25, 0.3) is 0 Å². The molecule has 0 aromatic heterocycles. The van der Waals surface area contributed by atoms with Gasteiger partial charge >= 0.3 is 0 Å². The predicted molar refractivity (Wildman–Crippen MR) is 332 cm³/mol. The van der Waals surface area contributed by atoms with Crippen LogP contribution in [0.2, 0.25) is 0 Å². The van der Waals surface area contributed by atoms with E-state index in [9.17, 15) is 30.3 Å². The topological polar surface area (TPSA) is 149 Å². The van der Waals surface area contributed by atoms with E-state index < -0.39 is 49.5 Å². The molecule has 6 N–H and O–H groups in total. The van der Waals surface area contributed by atoms with Crippen LogP contribution in [0.15, 0.2) is 36.5 Å². The van der Waals surface area contributed by atoms with Gasteiger partial charge in [-0.1, -0.05) is 326 Å². The molecule has 1 aliphatic rings. The summed E-state index contributed by atoms with van der Waals surface area (Å²) < 4.78 is 11.3. The van der Waals surface area contributed by atoms with Crippen LogP contribution in [0.5, 0.6) is 0 Å². The molecule has 1 aliphatic heterocycles. The van der Waals surface area contributed by atoms with E-state index in [0.29, 0.717) is 6.42 Å². The first kappa shape index (κ1) is 74.4. The maximum absolute atomic E-state index is 13.1. The van der Waals surface area contributed by atoms with Crippen LogP contribution >= 0.6 is 0 Å². The zero-order chi connectivity index (χ0) is 56.5. The van der Waals surface area contributed by atoms with E-state index >= 15 is 0 Å². The molecule has 9 heteroatoms. The maximum atomic E-state index is 13.1. The number of carbonyl (C=O) groups is 1. The van der Waals surface area contributed by atoms with Gasteiger partial charge in [0.15, 0.2) is 6.29 Å². The molecule has 0 saturated carbocycles. The van der Waals surface area contributed by atoms with E-state index in [1.165, 1.54) is 276 Å². The number of carbonyl (C=O) groups excluding carboxylic acids is 1. The molecule has 1 rings (SSSR count). The summed E-state index contributed by atoms with van der Waals surface area (Å²) in [5.41, 5.74) is 0. The van der Waals surface area contributed by atoms with E-state index in [1.54, 1.807) is 6.08 Å². The second-order valence-electron chi connectivity index (χ2n) is 24.0. The van der Waals surface area contributed by atoms with Crippen molar-refractivity contribution >= 4 is 5.91 Å². The zero-order valence-electron chi connectivity index (χ0n) is 51.4. The lowest BCUT2D eigenvalue weighted by atomic mass is 9.99. The van der Waals surface area contributed by atoms with E-state index in [4.69, 9.17) is 9.47 Å². The van der Waals surface area contributed by atoms with Gasteiger partial charge in [0.1, 0.15) is 24.4 Å². The van der Waals surface area contributed by atoms with Gasteiger partial charge in [-0.25, -0.2) is 0 Å². The first-order chi connectivity index (χ1) is 38.3. The van der Waals surface area contributed by atoms with Crippen molar-refractivity contribution in [2.75, 3.05) is 13.2 Å². The van der Waals surface area contributed by atoms with Gasteiger partial charge in [-0.2, -0.15) is 0 Å². The van der Waals surface area contributed by atoms with Crippen molar-refractivity contribution in [1.29, 1.82) is 0 Å². The van der Waals surface area contributed by atoms with E-state index in [0.717, 1.165) is 44.9 Å². The maximum Gasteiger partial charge on any atom is 0.220 e. The van der Waals surface area contributed by atoms with Crippen molar-refractivity contribution in [2.24, 2.45) is 0 Å². The number of ether oxygens (including phenoxy) is 2. The number of rotatable bonds is 60. The van der Waals surface area contributed by atoms with Crippen LogP contribution in [0.25, 0.3) is 0 Å². The standard InChI is InChI=1S/C69H131NO8/c1-3-5-7-9-11-13-15-17-19-21-23-25-27-29-30-31-32-33-34-35-36-38-40-42-44-46-48-50-52-54-56-58-63(72)62(61-77-69-68(76)67(75)66(74)64(60-71)78-69)70-65(73)59-57-55-53-51-49-47-45-43-41-39-37-28-26-24-22-20-18-16-14-12-10-8-6-4-2/h40,42,48,50,56,58,62-64,66-69,71-72,74-76H,3-39,41,43-47,49,51-55,57,59-61H2,1-2H3,(H,70,73)/b42-40+,50-48+,58-56+. The molecule has 0 aromatic rings. The van der Waals surface area contributed by atoms with Crippen LogP contribution in [-0.2, 0) is 14.3 Å². The number of nitrogens with one attached hydrogen (secondary N) is 1. The number of allylic oxidation sites excluding steroid dienone is 5. The molecule has 0 radical (unpaired) electrons. The Morgan fingerprint density at radius 1 is 0.423 bits per heavy atom. The summed E-state index contributed by atoms with van der Waals surface area (Å²) in [7, 11) is 0. The van der Waals surface area contributed by atoms with Crippen molar-refractivity contribution in [3.05, 3.63) is 36.5 Å². The summed E-state index contributed by atoms with van der Waals surface area (Å²) in [5.74, 6) is -0.184.